The molecule has 0 aliphatic carbocycles. The number of nitrogens with one attached hydrogen (secondary N) is 1. The standard InChI is InChI=1S/C9H13ClN2S2/c10-9-12-5-8(14-9)6-13-7-2-1-3-11-4-7/h5,7,11H,1-4,6H2/t7-/m1/s1. The third-order valence-corrected chi connectivity index (χ3v) is 4.89. The Morgan fingerprint density at radius 3 is 3.29 bits per heavy atom. The molecule has 1 aliphatic heterocycles. The summed E-state index contributed by atoms with van der Waals surface area (Å²) in [5.41, 5.74) is 0. The minimum Gasteiger partial charge on any atom is -0.316 e. The molecule has 0 bridgehead atoms. The lowest BCUT2D eigenvalue weighted by molar-refractivity contribution is 0.531. The molecule has 1 saturated heterocycles. The van der Waals surface area contributed by atoms with Crippen LogP contribution in [0.5, 0.6) is 0 Å². The van der Waals surface area contributed by atoms with E-state index in [9.17, 15) is 0 Å². The van der Waals surface area contributed by atoms with Crippen molar-refractivity contribution < 1.29 is 0 Å². The number of nitrogens with zero attached hydrogens (tertiary/aromatic N) is 1. The predicted molar refractivity (Wildman–Crippen MR) is 64.3 cm³/mol. The third-order valence-electron chi connectivity index (χ3n) is 2.24. The number of hydrogen-bond donors (Lipinski definition) is 1. The first-order valence-corrected chi connectivity index (χ1v) is 7.01. The zero-order chi connectivity index (χ0) is 9.80. The van der Waals surface area contributed by atoms with E-state index < -0.39 is 0 Å². The van der Waals surface area contributed by atoms with E-state index in [0.717, 1.165) is 17.5 Å². The number of halogens is 1. The SMILES string of the molecule is Clc1ncc(CS[C@@H]2CCCNC2)s1. The second-order valence-corrected chi connectivity index (χ2v) is 6.34. The molecule has 1 N–H and O–H groups in total. The maximum absolute atomic E-state index is 5.77. The first-order valence-electron chi connectivity index (χ1n) is 4.77. The molecular formula is C9H13ClN2S2. The van der Waals surface area contributed by atoms with Gasteiger partial charge in [0.25, 0.3) is 0 Å². The number of rotatable bonds is 3. The van der Waals surface area contributed by atoms with Gasteiger partial charge in [0, 0.05) is 28.6 Å². The molecular weight excluding hydrogens is 236 g/mol. The summed E-state index contributed by atoms with van der Waals surface area (Å²) in [6.45, 7) is 2.33. The van der Waals surface area contributed by atoms with Crippen molar-refractivity contribution in [2.24, 2.45) is 0 Å². The summed E-state index contributed by atoms with van der Waals surface area (Å²) in [5, 5.41) is 4.19. The summed E-state index contributed by atoms with van der Waals surface area (Å²) in [4.78, 5) is 5.32. The molecule has 1 aromatic rings. The number of thiazole rings is 1. The lowest BCUT2D eigenvalue weighted by Crippen LogP contribution is -2.31. The Morgan fingerprint density at radius 1 is 1.71 bits per heavy atom. The average Bonchev–Trinajstić information content (AvgIpc) is 2.63. The van der Waals surface area contributed by atoms with Crippen LogP contribution in [0.15, 0.2) is 6.20 Å². The topological polar surface area (TPSA) is 24.9 Å². The van der Waals surface area contributed by atoms with Crippen molar-refractivity contribution >= 4 is 34.7 Å². The summed E-state index contributed by atoms with van der Waals surface area (Å²) in [6.07, 6.45) is 4.53. The molecule has 78 valence electrons. The first kappa shape index (κ1) is 10.7. The second-order valence-electron chi connectivity index (χ2n) is 3.36. The van der Waals surface area contributed by atoms with E-state index in [1.807, 2.05) is 18.0 Å². The lowest BCUT2D eigenvalue weighted by Gasteiger charge is -2.21. The molecule has 0 aromatic carbocycles. The highest BCUT2D eigenvalue weighted by Crippen LogP contribution is 2.27. The fourth-order valence-corrected chi connectivity index (χ4v) is 3.77. The van der Waals surface area contributed by atoms with Crippen LogP contribution in [0.1, 0.15) is 17.7 Å². The molecule has 1 aliphatic rings. The highest BCUT2D eigenvalue weighted by molar-refractivity contribution is 7.99. The van der Waals surface area contributed by atoms with Gasteiger partial charge < -0.3 is 5.32 Å². The van der Waals surface area contributed by atoms with Crippen molar-refractivity contribution in [3.8, 4) is 0 Å². The first-order chi connectivity index (χ1) is 6.84. The van der Waals surface area contributed by atoms with Gasteiger partial charge in [-0.3, -0.25) is 0 Å². The molecule has 0 radical (unpaired) electrons. The largest absolute Gasteiger partial charge is 0.316 e. The molecule has 1 atom stereocenters. The van der Waals surface area contributed by atoms with Crippen molar-refractivity contribution in [1.82, 2.24) is 10.3 Å². The van der Waals surface area contributed by atoms with Gasteiger partial charge in [0.1, 0.15) is 0 Å². The van der Waals surface area contributed by atoms with Gasteiger partial charge in [-0.2, -0.15) is 11.8 Å². The van der Waals surface area contributed by atoms with Crippen LogP contribution in [0.2, 0.25) is 4.47 Å². The minimum atomic E-state index is 0.655. The van der Waals surface area contributed by atoms with Gasteiger partial charge >= 0.3 is 0 Å². The Hall–Kier alpha value is 0.230. The quantitative estimate of drug-likeness (QED) is 0.891. The van der Waals surface area contributed by atoms with Crippen LogP contribution >= 0.6 is 34.7 Å². The van der Waals surface area contributed by atoms with Crippen LogP contribution in [-0.4, -0.2) is 23.3 Å². The number of hydrogen-bond acceptors (Lipinski definition) is 4. The third kappa shape index (κ3) is 3.12. The maximum Gasteiger partial charge on any atom is 0.183 e. The van der Waals surface area contributed by atoms with Crippen LogP contribution < -0.4 is 5.32 Å². The zero-order valence-corrected chi connectivity index (χ0v) is 10.2. The second kappa shape index (κ2) is 5.35. The highest BCUT2D eigenvalue weighted by Gasteiger charge is 2.13. The Bertz CT molecular complexity index is 284. The number of aromatic nitrogens is 1. The molecule has 0 saturated carbocycles. The number of piperidine rings is 1. The van der Waals surface area contributed by atoms with Crippen LogP contribution in [0, 0.1) is 0 Å². The zero-order valence-electron chi connectivity index (χ0n) is 7.83. The van der Waals surface area contributed by atoms with Crippen LogP contribution in [0.4, 0.5) is 0 Å². The van der Waals surface area contributed by atoms with Gasteiger partial charge in [-0.05, 0) is 19.4 Å². The van der Waals surface area contributed by atoms with E-state index in [4.69, 9.17) is 11.6 Å². The molecule has 14 heavy (non-hydrogen) atoms. The monoisotopic (exact) mass is 248 g/mol. The summed E-state index contributed by atoms with van der Waals surface area (Å²) < 4.78 is 0.655. The van der Waals surface area contributed by atoms with Gasteiger partial charge in [-0.25, -0.2) is 4.98 Å². The highest BCUT2D eigenvalue weighted by atomic mass is 35.5. The van der Waals surface area contributed by atoms with E-state index in [1.165, 1.54) is 24.3 Å². The minimum absolute atomic E-state index is 0.655. The molecule has 0 amide bonds. The Kier molecular flexibility index (Phi) is 4.10. The van der Waals surface area contributed by atoms with Crippen molar-refractivity contribution in [2.75, 3.05) is 13.1 Å². The van der Waals surface area contributed by atoms with Crippen LogP contribution in [-0.2, 0) is 5.75 Å². The van der Waals surface area contributed by atoms with Crippen LogP contribution in [0.3, 0.4) is 0 Å². The van der Waals surface area contributed by atoms with Gasteiger partial charge in [0.2, 0.25) is 0 Å². The molecule has 5 heteroatoms. The van der Waals surface area contributed by atoms with E-state index in [2.05, 4.69) is 10.3 Å². The summed E-state index contributed by atoms with van der Waals surface area (Å²) in [7, 11) is 0. The van der Waals surface area contributed by atoms with Crippen molar-refractivity contribution in [1.29, 1.82) is 0 Å². The fraction of sp³-hybridized carbons (Fsp3) is 0.667. The summed E-state index contributed by atoms with van der Waals surface area (Å²) >= 11 is 9.37. The number of thioether (sulfide) groups is 1. The normalized spacial score (nSPS) is 22.5. The Labute approximate surface area is 97.5 Å². The summed E-state index contributed by atoms with van der Waals surface area (Å²) in [5.74, 6) is 1.05. The van der Waals surface area contributed by atoms with Crippen molar-refractivity contribution in [2.45, 2.75) is 23.8 Å². The Morgan fingerprint density at radius 2 is 2.64 bits per heavy atom. The van der Waals surface area contributed by atoms with Gasteiger partial charge in [-0.15, -0.1) is 11.3 Å². The molecule has 1 fully saturated rings. The molecule has 2 nitrogen and oxygen atoms in total. The lowest BCUT2D eigenvalue weighted by atomic mass is 10.2. The van der Waals surface area contributed by atoms with Gasteiger partial charge in [-0.1, -0.05) is 11.6 Å². The maximum atomic E-state index is 5.77. The molecule has 0 spiro atoms. The van der Waals surface area contributed by atoms with Crippen molar-refractivity contribution in [3.63, 3.8) is 0 Å². The van der Waals surface area contributed by atoms with E-state index in [0.29, 0.717) is 4.47 Å². The Balaban J connectivity index is 1.76. The van der Waals surface area contributed by atoms with Gasteiger partial charge in [0.15, 0.2) is 4.47 Å². The van der Waals surface area contributed by atoms with E-state index in [-0.39, 0.29) is 0 Å². The molecule has 2 rings (SSSR count). The smallest absolute Gasteiger partial charge is 0.183 e. The van der Waals surface area contributed by atoms with E-state index >= 15 is 0 Å². The van der Waals surface area contributed by atoms with Crippen molar-refractivity contribution in [3.05, 3.63) is 15.5 Å². The predicted octanol–water partition coefficient (Wildman–Crippen LogP) is 2.78. The fourth-order valence-electron chi connectivity index (χ4n) is 1.51. The summed E-state index contributed by atoms with van der Waals surface area (Å²) in [6, 6.07) is 0. The van der Waals surface area contributed by atoms with E-state index in [1.54, 1.807) is 11.3 Å². The van der Waals surface area contributed by atoms with Crippen LogP contribution in [0.25, 0.3) is 0 Å². The molecule has 0 unspecified atom stereocenters. The van der Waals surface area contributed by atoms with Gasteiger partial charge in [0.05, 0.1) is 0 Å². The average molecular weight is 249 g/mol. The molecule has 1 aromatic heterocycles. The molecule has 2 heterocycles.